The first kappa shape index (κ1) is 21.3. The molecule has 3 rings (SSSR count). The van der Waals surface area contributed by atoms with Crippen LogP contribution in [-0.2, 0) is 9.53 Å². The highest BCUT2D eigenvalue weighted by atomic mass is 32.1. The Balaban J connectivity index is 1.85. The Morgan fingerprint density at radius 3 is 2.63 bits per heavy atom. The van der Waals surface area contributed by atoms with E-state index in [1.54, 1.807) is 43.7 Å². The topological polar surface area (TPSA) is 64.6 Å². The summed E-state index contributed by atoms with van der Waals surface area (Å²) in [6, 6.07) is 13.1. The SMILES string of the molecule is CCOC(=O)c1c(-c2ccc(F)cc2)csc1NC(=O)/C=C/c1cccc(OC)c1. The van der Waals surface area contributed by atoms with Crippen LogP contribution in [0.25, 0.3) is 17.2 Å². The van der Waals surface area contributed by atoms with Gasteiger partial charge in [0.1, 0.15) is 22.1 Å². The zero-order valence-electron chi connectivity index (χ0n) is 16.5. The predicted octanol–water partition coefficient (Wildman–Crippen LogP) is 5.39. The fraction of sp³-hybridized carbons (Fsp3) is 0.130. The molecule has 0 radical (unpaired) electrons. The maximum Gasteiger partial charge on any atom is 0.341 e. The largest absolute Gasteiger partial charge is 0.497 e. The Labute approximate surface area is 177 Å². The number of halogens is 1. The Bertz CT molecular complexity index is 1070. The highest BCUT2D eigenvalue weighted by molar-refractivity contribution is 7.15. The third-order valence-corrected chi connectivity index (χ3v) is 5.08. The summed E-state index contributed by atoms with van der Waals surface area (Å²) in [6.45, 7) is 1.90. The van der Waals surface area contributed by atoms with Crippen molar-refractivity contribution in [1.82, 2.24) is 0 Å². The molecule has 0 aliphatic rings. The van der Waals surface area contributed by atoms with Crippen molar-refractivity contribution in [3.05, 3.63) is 76.9 Å². The first-order valence-corrected chi connectivity index (χ1v) is 10.1. The summed E-state index contributed by atoms with van der Waals surface area (Å²) in [4.78, 5) is 25.0. The number of hydrogen-bond donors (Lipinski definition) is 1. The van der Waals surface area contributed by atoms with E-state index in [0.29, 0.717) is 21.9 Å². The number of benzene rings is 2. The summed E-state index contributed by atoms with van der Waals surface area (Å²) in [5.41, 5.74) is 2.28. The van der Waals surface area contributed by atoms with Crippen molar-refractivity contribution in [3.63, 3.8) is 0 Å². The number of carbonyl (C=O) groups excluding carboxylic acids is 2. The molecule has 0 aliphatic heterocycles. The van der Waals surface area contributed by atoms with Gasteiger partial charge < -0.3 is 14.8 Å². The van der Waals surface area contributed by atoms with Gasteiger partial charge in [-0.3, -0.25) is 4.79 Å². The standard InChI is InChI=1S/C23H20FNO4S/c1-3-29-23(27)21-19(16-8-10-17(24)11-9-16)14-30-22(21)25-20(26)12-7-15-5-4-6-18(13-15)28-2/h4-14H,3H2,1-2H3,(H,25,26)/b12-7+. The molecule has 0 spiro atoms. The van der Waals surface area contributed by atoms with Gasteiger partial charge in [-0.2, -0.15) is 0 Å². The monoisotopic (exact) mass is 425 g/mol. The van der Waals surface area contributed by atoms with Crippen LogP contribution in [0.3, 0.4) is 0 Å². The van der Waals surface area contributed by atoms with Crippen molar-refractivity contribution in [3.8, 4) is 16.9 Å². The molecule has 7 heteroatoms. The number of thiophene rings is 1. The highest BCUT2D eigenvalue weighted by Crippen LogP contribution is 2.36. The molecule has 30 heavy (non-hydrogen) atoms. The van der Waals surface area contributed by atoms with Crippen LogP contribution >= 0.6 is 11.3 Å². The van der Waals surface area contributed by atoms with Crippen LogP contribution in [0.1, 0.15) is 22.8 Å². The summed E-state index contributed by atoms with van der Waals surface area (Å²) in [5.74, 6) is -0.631. The third-order valence-electron chi connectivity index (χ3n) is 4.18. The Hall–Kier alpha value is -3.45. The average Bonchev–Trinajstić information content (AvgIpc) is 3.16. The van der Waals surface area contributed by atoms with E-state index in [1.807, 2.05) is 18.2 Å². The molecule has 3 aromatic rings. The van der Waals surface area contributed by atoms with Gasteiger partial charge in [-0.25, -0.2) is 9.18 Å². The minimum atomic E-state index is -0.551. The van der Waals surface area contributed by atoms with Gasteiger partial charge in [-0.1, -0.05) is 24.3 Å². The molecule has 1 amide bonds. The molecule has 1 heterocycles. The van der Waals surface area contributed by atoms with E-state index < -0.39 is 11.9 Å². The summed E-state index contributed by atoms with van der Waals surface area (Å²) >= 11 is 1.21. The van der Waals surface area contributed by atoms with Crippen molar-refractivity contribution in [1.29, 1.82) is 0 Å². The van der Waals surface area contributed by atoms with Gasteiger partial charge in [0.05, 0.1) is 13.7 Å². The number of anilines is 1. The van der Waals surface area contributed by atoms with Gasteiger partial charge in [0.25, 0.3) is 0 Å². The molecule has 0 bridgehead atoms. The van der Waals surface area contributed by atoms with Crippen molar-refractivity contribution < 1.29 is 23.5 Å². The molecule has 0 atom stereocenters. The Morgan fingerprint density at radius 1 is 1.17 bits per heavy atom. The molecule has 2 aromatic carbocycles. The van der Waals surface area contributed by atoms with Crippen LogP contribution < -0.4 is 10.1 Å². The minimum absolute atomic E-state index is 0.195. The Morgan fingerprint density at radius 2 is 1.93 bits per heavy atom. The van der Waals surface area contributed by atoms with E-state index in [2.05, 4.69) is 5.32 Å². The lowest BCUT2D eigenvalue weighted by molar-refractivity contribution is -0.111. The minimum Gasteiger partial charge on any atom is -0.497 e. The number of esters is 1. The van der Waals surface area contributed by atoms with Crippen LogP contribution in [0.5, 0.6) is 5.75 Å². The zero-order valence-corrected chi connectivity index (χ0v) is 17.3. The van der Waals surface area contributed by atoms with E-state index in [1.165, 1.54) is 29.5 Å². The van der Waals surface area contributed by atoms with Crippen molar-refractivity contribution in [2.24, 2.45) is 0 Å². The van der Waals surface area contributed by atoms with Gasteiger partial charge in [0, 0.05) is 17.0 Å². The third kappa shape index (κ3) is 5.12. The van der Waals surface area contributed by atoms with E-state index in [4.69, 9.17) is 9.47 Å². The van der Waals surface area contributed by atoms with Crippen LogP contribution in [0.2, 0.25) is 0 Å². The summed E-state index contributed by atoms with van der Waals surface area (Å²) in [5, 5.41) is 4.84. The number of methoxy groups -OCH3 is 1. The number of hydrogen-bond acceptors (Lipinski definition) is 5. The lowest BCUT2D eigenvalue weighted by Crippen LogP contribution is -2.12. The summed E-state index contributed by atoms with van der Waals surface area (Å²) < 4.78 is 23.6. The molecule has 0 unspecified atom stereocenters. The number of nitrogens with one attached hydrogen (secondary N) is 1. The molecule has 1 N–H and O–H groups in total. The maximum atomic E-state index is 13.3. The number of rotatable bonds is 7. The first-order valence-electron chi connectivity index (χ1n) is 9.19. The smallest absolute Gasteiger partial charge is 0.341 e. The molecule has 0 saturated carbocycles. The lowest BCUT2D eigenvalue weighted by Gasteiger charge is -2.08. The zero-order chi connectivity index (χ0) is 21.5. The Kier molecular flexibility index (Phi) is 6.98. The van der Waals surface area contributed by atoms with Gasteiger partial charge in [-0.05, 0) is 48.4 Å². The second-order valence-electron chi connectivity index (χ2n) is 6.18. The van der Waals surface area contributed by atoms with E-state index in [9.17, 15) is 14.0 Å². The van der Waals surface area contributed by atoms with Gasteiger partial charge >= 0.3 is 5.97 Å². The molecule has 0 fully saturated rings. The van der Waals surface area contributed by atoms with Crippen LogP contribution in [0.4, 0.5) is 9.39 Å². The molecule has 154 valence electrons. The summed E-state index contributed by atoms with van der Waals surface area (Å²) in [6.07, 6.45) is 3.03. The van der Waals surface area contributed by atoms with Gasteiger partial charge in [0.2, 0.25) is 5.91 Å². The van der Waals surface area contributed by atoms with E-state index in [-0.39, 0.29) is 18.0 Å². The van der Waals surface area contributed by atoms with Crippen molar-refractivity contribution in [2.75, 3.05) is 19.0 Å². The average molecular weight is 425 g/mol. The summed E-state index contributed by atoms with van der Waals surface area (Å²) in [7, 11) is 1.57. The molecule has 1 aromatic heterocycles. The predicted molar refractivity (Wildman–Crippen MR) is 116 cm³/mol. The second kappa shape index (κ2) is 9.84. The fourth-order valence-corrected chi connectivity index (χ4v) is 3.73. The van der Waals surface area contributed by atoms with E-state index >= 15 is 0 Å². The highest BCUT2D eigenvalue weighted by Gasteiger charge is 2.22. The number of amides is 1. The van der Waals surface area contributed by atoms with E-state index in [0.717, 1.165) is 5.56 Å². The quantitative estimate of drug-likeness (QED) is 0.407. The normalized spacial score (nSPS) is 10.8. The lowest BCUT2D eigenvalue weighted by atomic mass is 10.0. The van der Waals surface area contributed by atoms with Crippen molar-refractivity contribution >= 4 is 34.3 Å². The molecular weight excluding hydrogens is 405 g/mol. The van der Waals surface area contributed by atoms with Crippen LogP contribution in [0.15, 0.2) is 60.0 Å². The first-order chi connectivity index (χ1) is 14.5. The second-order valence-corrected chi connectivity index (χ2v) is 7.06. The molecular formula is C23H20FNO4S. The number of carbonyl (C=O) groups is 2. The van der Waals surface area contributed by atoms with Gasteiger partial charge in [-0.15, -0.1) is 11.3 Å². The maximum absolute atomic E-state index is 13.3. The molecule has 0 aliphatic carbocycles. The number of ether oxygens (including phenoxy) is 2. The molecule has 0 saturated heterocycles. The van der Waals surface area contributed by atoms with Crippen LogP contribution in [-0.4, -0.2) is 25.6 Å². The van der Waals surface area contributed by atoms with Crippen LogP contribution in [0, 0.1) is 5.82 Å². The van der Waals surface area contributed by atoms with Crippen molar-refractivity contribution in [2.45, 2.75) is 6.92 Å². The van der Waals surface area contributed by atoms with Gasteiger partial charge in [0.15, 0.2) is 0 Å². The molecule has 5 nitrogen and oxygen atoms in total. The fourth-order valence-electron chi connectivity index (χ4n) is 2.77.